The molecule has 14 heavy (non-hydrogen) atoms. The summed E-state index contributed by atoms with van der Waals surface area (Å²) in [5, 5.41) is 12.1. The van der Waals surface area contributed by atoms with E-state index in [1.54, 1.807) is 4.90 Å². The van der Waals surface area contributed by atoms with Gasteiger partial charge in [0.05, 0.1) is 12.1 Å². The van der Waals surface area contributed by atoms with Crippen molar-refractivity contribution in [3.05, 3.63) is 0 Å². The van der Waals surface area contributed by atoms with E-state index in [-0.39, 0.29) is 12.5 Å². The molecule has 1 rings (SSSR count). The molecule has 4 heteroatoms. The van der Waals surface area contributed by atoms with Crippen LogP contribution in [0.15, 0.2) is 0 Å². The predicted molar refractivity (Wildman–Crippen MR) is 55.0 cm³/mol. The molecule has 0 radical (unpaired) electrons. The molecule has 0 aromatic rings. The highest BCUT2D eigenvalue weighted by atomic mass is 16.3. The van der Waals surface area contributed by atoms with Crippen molar-refractivity contribution in [1.29, 1.82) is 0 Å². The fraction of sp³-hybridized carbons (Fsp3) is 0.900. The number of nitrogens with one attached hydrogen (secondary N) is 1. The van der Waals surface area contributed by atoms with Crippen LogP contribution in [0.5, 0.6) is 0 Å². The average Bonchev–Trinajstić information content (AvgIpc) is 2.62. The molecule has 1 aliphatic rings. The van der Waals surface area contributed by atoms with E-state index in [1.807, 2.05) is 13.8 Å². The van der Waals surface area contributed by atoms with Crippen molar-refractivity contribution in [1.82, 2.24) is 10.2 Å². The first-order valence-electron chi connectivity index (χ1n) is 5.29. The minimum Gasteiger partial charge on any atom is -0.395 e. The highest BCUT2D eigenvalue weighted by Gasteiger charge is 2.38. The van der Waals surface area contributed by atoms with Gasteiger partial charge in [0, 0.05) is 13.1 Å². The Morgan fingerprint density at radius 3 is 2.79 bits per heavy atom. The third kappa shape index (κ3) is 2.25. The van der Waals surface area contributed by atoms with Crippen LogP contribution in [0.2, 0.25) is 0 Å². The summed E-state index contributed by atoms with van der Waals surface area (Å²) in [6.45, 7) is 5.94. The number of aliphatic hydroxyl groups excluding tert-OH is 1. The van der Waals surface area contributed by atoms with Gasteiger partial charge in [-0.05, 0) is 33.2 Å². The fourth-order valence-corrected chi connectivity index (χ4v) is 1.95. The number of hydrogen-bond donors (Lipinski definition) is 2. The highest BCUT2D eigenvalue weighted by Crippen LogP contribution is 2.20. The molecule has 1 saturated heterocycles. The zero-order valence-corrected chi connectivity index (χ0v) is 9.05. The maximum atomic E-state index is 12.0. The molecule has 2 N–H and O–H groups in total. The lowest BCUT2D eigenvalue weighted by atomic mass is 9.98. The number of carbonyl (C=O) groups excluding carboxylic acids is 1. The molecule has 0 aliphatic carbocycles. The number of amides is 1. The van der Waals surface area contributed by atoms with Gasteiger partial charge in [-0.15, -0.1) is 0 Å². The summed E-state index contributed by atoms with van der Waals surface area (Å²) in [5.74, 6) is 0.117. The summed E-state index contributed by atoms with van der Waals surface area (Å²) >= 11 is 0. The highest BCUT2D eigenvalue weighted by molar-refractivity contribution is 5.86. The minimum absolute atomic E-state index is 0.0374. The Morgan fingerprint density at radius 2 is 2.36 bits per heavy atom. The summed E-state index contributed by atoms with van der Waals surface area (Å²) in [6, 6.07) is 0. The van der Waals surface area contributed by atoms with Crippen LogP contribution in [0.25, 0.3) is 0 Å². The van der Waals surface area contributed by atoms with Gasteiger partial charge in [0.2, 0.25) is 5.91 Å². The second-order valence-electron chi connectivity index (χ2n) is 3.97. The van der Waals surface area contributed by atoms with Crippen LogP contribution in [0.4, 0.5) is 0 Å². The predicted octanol–water partition coefficient (Wildman–Crippen LogP) is -0.0307. The number of nitrogens with zero attached hydrogens (tertiary/aromatic N) is 1. The van der Waals surface area contributed by atoms with Crippen molar-refractivity contribution in [2.45, 2.75) is 32.2 Å². The van der Waals surface area contributed by atoms with E-state index in [0.717, 1.165) is 19.4 Å². The molecule has 0 aromatic heterocycles. The first kappa shape index (κ1) is 11.5. The van der Waals surface area contributed by atoms with Gasteiger partial charge in [0.1, 0.15) is 0 Å². The number of aliphatic hydroxyl groups is 1. The normalized spacial score (nSPS) is 26.5. The molecular weight excluding hydrogens is 180 g/mol. The molecule has 0 spiro atoms. The van der Waals surface area contributed by atoms with E-state index < -0.39 is 5.54 Å². The van der Waals surface area contributed by atoms with Crippen LogP contribution in [-0.2, 0) is 4.79 Å². The lowest BCUT2D eigenvalue weighted by molar-refractivity contribution is -0.137. The largest absolute Gasteiger partial charge is 0.395 e. The molecule has 1 amide bonds. The Morgan fingerprint density at radius 1 is 1.64 bits per heavy atom. The van der Waals surface area contributed by atoms with Gasteiger partial charge in [-0.1, -0.05) is 0 Å². The zero-order chi connectivity index (χ0) is 10.6. The Labute approximate surface area is 85.3 Å². The van der Waals surface area contributed by atoms with Crippen molar-refractivity contribution in [3.63, 3.8) is 0 Å². The van der Waals surface area contributed by atoms with Crippen molar-refractivity contribution >= 4 is 5.91 Å². The second kappa shape index (κ2) is 4.75. The fourth-order valence-electron chi connectivity index (χ4n) is 1.95. The van der Waals surface area contributed by atoms with E-state index in [1.165, 1.54) is 0 Å². The van der Waals surface area contributed by atoms with E-state index >= 15 is 0 Å². The van der Waals surface area contributed by atoms with Gasteiger partial charge < -0.3 is 15.3 Å². The summed E-state index contributed by atoms with van der Waals surface area (Å²) in [6.07, 6.45) is 1.95. The SMILES string of the molecule is CCN(CCO)C(=O)C1(C)CCCN1. The summed E-state index contributed by atoms with van der Waals surface area (Å²) in [5.41, 5.74) is -0.398. The van der Waals surface area contributed by atoms with Crippen molar-refractivity contribution < 1.29 is 9.90 Å². The average molecular weight is 200 g/mol. The Balaban J connectivity index is 2.61. The number of rotatable bonds is 4. The Kier molecular flexibility index (Phi) is 3.89. The van der Waals surface area contributed by atoms with Gasteiger partial charge in [-0.2, -0.15) is 0 Å². The lowest BCUT2D eigenvalue weighted by Crippen LogP contribution is -2.53. The van der Waals surface area contributed by atoms with Crippen LogP contribution >= 0.6 is 0 Å². The van der Waals surface area contributed by atoms with Gasteiger partial charge in [0.25, 0.3) is 0 Å². The molecular formula is C10H20N2O2. The number of hydrogen-bond acceptors (Lipinski definition) is 3. The molecule has 1 atom stereocenters. The summed E-state index contributed by atoms with van der Waals surface area (Å²) < 4.78 is 0. The second-order valence-corrected chi connectivity index (χ2v) is 3.97. The standard InChI is InChI=1S/C10H20N2O2/c1-3-12(7-8-13)9(14)10(2)5-4-6-11-10/h11,13H,3-8H2,1-2H3. The topological polar surface area (TPSA) is 52.6 Å². The third-order valence-corrected chi connectivity index (χ3v) is 2.88. The van der Waals surface area contributed by atoms with Crippen molar-refractivity contribution in [3.8, 4) is 0 Å². The molecule has 1 aliphatic heterocycles. The van der Waals surface area contributed by atoms with Crippen molar-refractivity contribution in [2.75, 3.05) is 26.2 Å². The molecule has 0 aromatic carbocycles. The van der Waals surface area contributed by atoms with E-state index in [0.29, 0.717) is 13.1 Å². The van der Waals surface area contributed by atoms with E-state index in [4.69, 9.17) is 5.11 Å². The molecule has 0 bridgehead atoms. The van der Waals surface area contributed by atoms with Crippen LogP contribution in [0, 0.1) is 0 Å². The monoisotopic (exact) mass is 200 g/mol. The lowest BCUT2D eigenvalue weighted by Gasteiger charge is -2.30. The van der Waals surface area contributed by atoms with Crippen LogP contribution < -0.4 is 5.32 Å². The zero-order valence-electron chi connectivity index (χ0n) is 9.05. The smallest absolute Gasteiger partial charge is 0.242 e. The van der Waals surface area contributed by atoms with Crippen LogP contribution in [0.1, 0.15) is 26.7 Å². The van der Waals surface area contributed by atoms with Crippen LogP contribution in [0.3, 0.4) is 0 Å². The first-order chi connectivity index (χ1) is 6.64. The minimum atomic E-state index is -0.398. The molecule has 4 nitrogen and oxygen atoms in total. The summed E-state index contributed by atoms with van der Waals surface area (Å²) in [4.78, 5) is 13.7. The van der Waals surface area contributed by atoms with E-state index in [9.17, 15) is 4.79 Å². The van der Waals surface area contributed by atoms with Crippen LogP contribution in [-0.4, -0.2) is 47.7 Å². The van der Waals surface area contributed by atoms with Gasteiger partial charge in [-0.3, -0.25) is 4.79 Å². The quantitative estimate of drug-likeness (QED) is 0.670. The molecule has 82 valence electrons. The third-order valence-electron chi connectivity index (χ3n) is 2.88. The Hall–Kier alpha value is -0.610. The number of carbonyl (C=O) groups is 1. The van der Waals surface area contributed by atoms with Gasteiger partial charge in [-0.25, -0.2) is 0 Å². The Bertz CT molecular complexity index is 200. The molecule has 1 fully saturated rings. The molecule has 1 heterocycles. The summed E-state index contributed by atoms with van der Waals surface area (Å²) in [7, 11) is 0. The van der Waals surface area contributed by atoms with Gasteiger partial charge in [0.15, 0.2) is 0 Å². The molecule has 0 saturated carbocycles. The maximum absolute atomic E-state index is 12.0. The van der Waals surface area contributed by atoms with E-state index in [2.05, 4.69) is 5.32 Å². The van der Waals surface area contributed by atoms with Gasteiger partial charge >= 0.3 is 0 Å². The van der Waals surface area contributed by atoms with Crippen molar-refractivity contribution in [2.24, 2.45) is 0 Å². The first-order valence-corrected chi connectivity index (χ1v) is 5.29. The molecule has 1 unspecified atom stereocenters. The maximum Gasteiger partial charge on any atom is 0.242 e. The number of likely N-dealkylation sites (N-methyl/N-ethyl adjacent to an activating group) is 1.